The number of carbonyl (C=O) groups is 1. The molecule has 0 unspecified atom stereocenters. The van der Waals surface area contributed by atoms with Gasteiger partial charge in [0.15, 0.2) is 5.76 Å². The van der Waals surface area contributed by atoms with Gasteiger partial charge in [-0.2, -0.15) is 0 Å². The first-order valence-corrected chi connectivity index (χ1v) is 9.03. The number of aryl methyl sites for hydroxylation is 1. The molecule has 2 aromatic heterocycles. The average Bonchev–Trinajstić information content (AvgIpc) is 3.15. The summed E-state index contributed by atoms with van der Waals surface area (Å²) in [5.74, 6) is 1.64. The van der Waals surface area contributed by atoms with Crippen molar-refractivity contribution in [2.45, 2.75) is 58.1 Å². The molecule has 2 aromatic rings. The molecule has 134 valence electrons. The van der Waals surface area contributed by atoms with Gasteiger partial charge >= 0.3 is 0 Å². The van der Waals surface area contributed by atoms with Crippen molar-refractivity contribution in [1.82, 2.24) is 10.3 Å². The van der Waals surface area contributed by atoms with Crippen molar-refractivity contribution < 1.29 is 18.4 Å². The van der Waals surface area contributed by atoms with E-state index < -0.39 is 0 Å². The summed E-state index contributed by atoms with van der Waals surface area (Å²) in [6.45, 7) is 4.59. The van der Waals surface area contributed by atoms with Gasteiger partial charge in [0.25, 0.3) is 5.89 Å². The Labute approximate surface area is 146 Å². The van der Waals surface area contributed by atoms with Crippen LogP contribution in [0.3, 0.4) is 0 Å². The molecule has 1 spiro atoms. The normalized spacial score (nSPS) is 23.9. The van der Waals surface area contributed by atoms with Crippen LogP contribution in [0.5, 0.6) is 0 Å². The lowest BCUT2D eigenvalue weighted by molar-refractivity contribution is -0.175. The third-order valence-electron chi connectivity index (χ3n) is 5.73. The number of aromatic nitrogens is 1. The molecule has 0 aromatic carbocycles. The Balaban J connectivity index is 1.39. The van der Waals surface area contributed by atoms with Crippen molar-refractivity contribution in [3.8, 4) is 11.7 Å². The molecule has 2 aliphatic rings. The SMILES string of the molecule is CCO[C@@H]1C[C@@H](NC(=O)Cc2nc(-c3ccco3)oc2C)C12CCC2. The first-order chi connectivity index (χ1) is 12.1. The lowest BCUT2D eigenvalue weighted by Crippen LogP contribution is -2.67. The largest absolute Gasteiger partial charge is 0.459 e. The molecule has 1 N–H and O–H groups in total. The molecule has 0 radical (unpaired) electrons. The van der Waals surface area contributed by atoms with Gasteiger partial charge in [-0.3, -0.25) is 4.79 Å². The molecule has 0 saturated heterocycles. The van der Waals surface area contributed by atoms with Crippen LogP contribution in [0.1, 0.15) is 44.1 Å². The quantitative estimate of drug-likeness (QED) is 0.870. The Morgan fingerprint density at radius 2 is 2.32 bits per heavy atom. The summed E-state index contributed by atoms with van der Waals surface area (Å²) in [5, 5.41) is 3.19. The van der Waals surface area contributed by atoms with E-state index in [4.69, 9.17) is 13.6 Å². The zero-order chi connectivity index (χ0) is 17.4. The molecular weight excluding hydrogens is 320 g/mol. The highest BCUT2D eigenvalue weighted by Crippen LogP contribution is 2.57. The van der Waals surface area contributed by atoms with Gasteiger partial charge in [0.05, 0.1) is 24.5 Å². The van der Waals surface area contributed by atoms with Gasteiger partial charge in [-0.25, -0.2) is 4.98 Å². The van der Waals surface area contributed by atoms with E-state index in [9.17, 15) is 4.79 Å². The van der Waals surface area contributed by atoms with Crippen LogP contribution in [0.4, 0.5) is 0 Å². The van der Waals surface area contributed by atoms with E-state index in [0.29, 0.717) is 29.2 Å². The Hall–Kier alpha value is -2.08. The van der Waals surface area contributed by atoms with Crippen LogP contribution in [0.25, 0.3) is 11.7 Å². The summed E-state index contributed by atoms with van der Waals surface area (Å²) in [4.78, 5) is 16.9. The Morgan fingerprint density at radius 3 is 2.96 bits per heavy atom. The number of nitrogens with zero attached hydrogens (tertiary/aromatic N) is 1. The highest BCUT2D eigenvalue weighted by molar-refractivity contribution is 5.79. The van der Waals surface area contributed by atoms with Gasteiger partial charge in [0.2, 0.25) is 5.91 Å². The Kier molecular flexibility index (Phi) is 4.15. The molecule has 6 nitrogen and oxygen atoms in total. The third-order valence-corrected chi connectivity index (χ3v) is 5.73. The van der Waals surface area contributed by atoms with Gasteiger partial charge in [-0.1, -0.05) is 6.42 Å². The topological polar surface area (TPSA) is 77.5 Å². The zero-order valence-corrected chi connectivity index (χ0v) is 14.7. The number of amides is 1. The van der Waals surface area contributed by atoms with Crippen molar-refractivity contribution >= 4 is 5.91 Å². The lowest BCUT2D eigenvalue weighted by Gasteiger charge is -2.61. The van der Waals surface area contributed by atoms with Gasteiger partial charge < -0.3 is 18.9 Å². The minimum absolute atomic E-state index is 0.00591. The second kappa shape index (κ2) is 6.33. The predicted octanol–water partition coefficient (Wildman–Crippen LogP) is 3.25. The van der Waals surface area contributed by atoms with Crippen molar-refractivity contribution in [2.24, 2.45) is 5.41 Å². The monoisotopic (exact) mass is 344 g/mol. The van der Waals surface area contributed by atoms with Gasteiger partial charge in [0.1, 0.15) is 5.76 Å². The number of ether oxygens (including phenoxy) is 1. The van der Waals surface area contributed by atoms with E-state index in [0.717, 1.165) is 25.9 Å². The molecule has 25 heavy (non-hydrogen) atoms. The molecule has 2 saturated carbocycles. The highest BCUT2D eigenvalue weighted by atomic mass is 16.5. The molecule has 2 fully saturated rings. The Bertz CT molecular complexity index is 746. The van der Waals surface area contributed by atoms with E-state index in [-0.39, 0.29) is 23.8 Å². The molecule has 0 bridgehead atoms. The maximum absolute atomic E-state index is 12.5. The highest BCUT2D eigenvalue weighted by Gasteiger charge is 2.59. The van der Waals surface area contributed by atoms with Crippen molar-refractivity contribution in [3.05, 3.63) is 29.9 Å². The fourth-order valence-electron chi connectivity index (χ4n) is 4.14. The van der Waals surface area contributed by atoms with Crippen LogP contribution >= 0.6 is 0 Å². The summed E-state index contributed by atoms with van der Waals surface area (Å²) in [5.41, 5.74) is 0.830. The minimum Gasteiger partial charge on any atom is -0.459 e. The number of hydrogen-bond donors (Lipinski definition) is 1. The van der Waals surface area contributed by atoms with E-state index in [1.165, 1.54) is 6.42 Å². The molecule has 2 heterocycles. The van der Waals surface area contributed by atoms with Crippen LogP contribution in [0, 0.1) is 12.3 Å². The lowest BCUT2D eigenvalue weighted by atomic mass is 9.51. The number of rotatable bonds is 6. The van der Waals surface area contributed by atoms with Crippen molar-refractivity contribution in [1.29, 1.82) is 0 Å². The molecule has 6 heteroatoms. The summed E-state index contributed by atoms with van der Waals surface area (Å²) < 4.78 is 16.8. The summed E-state index contributed by atoms with van der Waals surface area (Å²) in [7, 11) is 0. The van der Waals surface area contributed by atoms with E-state index >= 15 is 0 Å². The number of carbonyl (C=O) groups excluding carboxylic acids is 1. The first kappa shape index (κ1) is 16.4. The van der Waals surface area contributed by atoms with E-state index in [1.807, 2.05) is 13.8 Å². The molecule has 2 aliphatic carbocycles. The average molecular weight is 344 g/mol. The number of furan rings is 1. The van der Waals surface area contributed by atoms with E-state index in [2.05, 4.69) is 10.3 Å². The molecule has 0 aliphatic heterocycles. The van der Waals surface area contributed by atoms with Gasteiger partial charge in [0, 0.05) is 18.1 Å². The van der Waals surface area contributed by atoms with Crippen LogP contribution in [-0.2, 0) is 16.0 Å². The standard InChI is InChI=1S/C19H24N2O4/c1-3-23-16-11-15(19(16)7-5-8-19)21-17(22)10-13-12(2)25-18(20-13)14-6-4-9-24-14/h4,6,9,15-16H,3,5,7-8,10-11H2,1-2H3,(H,21,22)/t15-,16-/m1/s1. The van der Waals surface area contributed by atoms with Crippen LogP contribution in [-0.4, -0.2) is 29.6 Å². The van der Waals surface area contributed by atoms with Crippen LogP contribution < -0.4 is 5.32 Å². The van der Waals surface area contributed by atoms with Crippen LogP contribution in [0.2, 0.25) is 0 Å². The first-order valence-electron chi connectivity index (χ1n) is 9.03. The third kappa shape index (κ3) is 2.78. The van der Waals surface area contributed by atoms with Gasteiger partial charge in [-0.05, 0) is 45.2 Å². The predicted molar refractivity (Wildman–Crippen MR) is 90.9 cm³/mol. The minimum atomic E-state index is -0.00591. The van der Waals surface area contributed by atoms with Crippen molar-refractivity contribution in [3.63, 3.8) is 0 Å². The van der Waals surface area contributed by atoms with Crippen LogP contribution in [0.15, 0.2) is 27.2 Å². The fourth-order valence-corrected chi connectivity index (χ4v) is 4.14. The molecule has 4 rings (SSSR count). The maximum Gasteiger partial charge on any atom is 0.263 e. The molecule has 1 amide bonds. The van der Waals surface area contributed by atoms with E-state index in [1.54, 1.807) is 18.4 Å². The number of oxazole rings is 1. The van der Waals surface area contributed by atoms with Crippen molar-refractivity contribution in [2.75, 3.05) is 6.61 Å². The second-order valence-corrected chi connectivity index (χ2v) is 7.06. The molecule has 2 atom stereocenters. The number of hydrogen-bond acceptors (Lipinski definition) is 5. The summed E-state index contributed by atoms with van der Waals surface area (Å²) in [6, 6.07) is 3.80. The Morgan fingerprint density at radius 1 is 1.48 bits per heavy atom. The number of nitrogens with one attached hydrogen (secondary N) is 1. The maximum atomic E-state index is 12.5. The zero-order valence-electron chi connectivity index (χ0n) is 14.7. The summed E-state index contributed by atoms with van der Waals surface area (Å²) in [6.07, 6.45) is 6.53. The summed E-state index contributed by atoms with van der Waals surface area (Å²) >= 11 is 0. The smallest absolute Gasteiger partial charge is 0.263 e. The fraction of sp³-hybridized carbons (Fsp3) is 0.579. The second-order valence-electron chi connectivity index (χ2n) is 7.06. The van der Waals surface area contributed by atoms with Gasteiger partial charge in [-0.15, -0.1) is 0 Å². The molecular formula is C19H24N2O4.